The van der Waals surface area contributed by atoms with Crippen LogP contribution in [0.3, 0.4) is 0 Å². The van der Waals surface area contributed by atoms with Gasteiger partial charge >= 0.3 is 0 Å². The lowest BCUT2D eigenvalue weighted by Crippen LogP contribution is -2.27. The topological polar surface area (TPSA) is 24.9 Å². The second-order valence-electron chi connectivity index (χ2n) is 3.21. The molecule has 0 aliphatic rings. The van der Waals surface area contributed by atoms with Crippen molar-refractivity contribution in [2.75, 3.05) is 0 Å². The predicted octanol–water partition coefficient (Wildman–Crippen LogP) is 1.97. The van der Waals surface area contributed by atoms with E-state index in [-0.39, 0.29) is 6.04 Å². The molecule has 2 heteroatoms. The van der Waals surface area contributed by atoms with Gasteiger partial charge in [0.2, 0.25) is 0 Å². The number of rotatable bonds is 5. The molecular weight excluding hydrogens is 172 g/mol. The Kier molecular flexibility index (Phi) is 4.74. The van der Waals surface area contributed by atoms with Crippen molar-refractivity contribution >= 4 is 0 Å². The third-order valence-corrected chi connectivity index (χ3v) is 2.03. The second kappa shape index (κ2) is 6.17. The Morgan fingerprint density at radius 1 is 1.57 bits per heavy atom. The molecule has 1 aromatic rings. The van der Waals surface area contributed by atoms with Gasteiger partial charge in [0, 0.05) is 12.7 Å². The maximum atomic E-state index is 5.39. The van der Waals surface area contributed by atoms with Crippen LogP contribution in [0.5, 0.6) is 0 Å². The molecule has 1 heterocycles. The highest BCUT2D eigenvalue weighted by Gasteiger charge is 2.02. The van der Waals surface area contributed by atoms with Crippen LogP contribution < -0.4 is 5.32 Å². The molecule has 1 unspecified atom stereocenters. The van der Waals surface area contributed by atoms with E-state index >= 15 is 0 Å². The molecule has 1 rings (SSSR count). The van der Waals surface area contributed by atoms with E-state index in [9.17, 15) is 0 Å². The van der Waals surface area contributed by atoms with Crippen LogP contribution in [0.15, 0.2) is 24.4 Å². The van der Waals surface area contributed by atoms with Gasteiger partial charge < -0.3 is 0 Å². The summed E-state index contributed by atoms with van der Waals surface area (Å²) in [5.41, 5.74) is 1.03. The van der Waals surface area contributed by atoms with Crippen molar-refractivity contribution in [2.45, 2.75) is 32.4 Å². The normalized spacial score (nSPS) is 12.0. The molecule has 2 nitrogen and oxygen atoms in total. The minimum absolute atomic E-state index is 0.169. The molecule has 0 amide bonds. The van der Waals surface area contributed by atoms with E-state index in [1.165, 1.54) is 0 Å². The van der Waals surface area contributed by atoms with Crippen molar-refractivity contribution in [3.8, 4) is 12.3 Å². The van der Waals surface area contributed by atoms with Gasteiger partial charge in [-0.15, -0.1) is 6.42 Å². The SMILES string of the molecule is C#CC(CCC)NCc1ccccn1. The van der Waals surface area contributed by atoms with E-state index in [4.69, 9.17) is 6.42 Å². The first-order valence-electron chi connectivity index (χ1n) is 4.96. The summed E-state index contributed by atoms with van der Waals surface area (Å²) in [5, 5.41) is 3.29. The molecule has 1 aromatic heterocycles. The lowest BCUT2D eigenvalue weighted by atomic mass is 10.2. The highest BCUT2D eigenvalue weighted by Crippen LogP contribution is 1.98. The Morgan fingerprint density at radius 2 is 2.43 bits per heavy atom. The summed E-state index contributed by atoms with van der Waals surface area (Å²) >= 11 is 0. The average molecular weight is 188 g/mol. The fourth-order valence-electron chi connectivity index (χ4n) is 1.26. The Morgan fingerprint density at radius 3 is 3.00 bits per heavy atom. The van der Waals surface area contributed by atoms with E-state index in [0.29, 0.717) is 0 Å². The fourth-order valence-corrected chi connectivity index (χ4v) is 1.26. The van der Waals surface area contributed by atoms with Crippen LogP contribution >= 0.6 is 0 Å². The van der Waals surface area contributed by atoms with E-state index in [1.54, 1.807) is 6.20 Å². The van der Waals surface area contributed by atoms with Gasteiger partial charge in [0.15, 0.2) is 0 Å². The summed E-state index contributed by atoms with van der Waals surface area (Å²) < 4.78 is 0. The Bertz CT molecular complexity index is 287. The molecule has 0 saturated carbocycles. The smallest absolute Gasteiger partial charge is 0.0689 e. The summed E-state index contributed by atoms with van der Waals surface area (Å²) in [4.78, 5) is 4.21. The second-order valence-corrected chi connectivity index (χ2v) is 3.21. The number of hydrogen-bond donors (Lipinski definition) is 1. The van der Waals surface area contributed by atoms with Crippen LogP contribution in [0.4, 0.5) is 0 Å². The van der Waals surface area contributed by atoms with Gasteiger partial charge in [-0.3, -0.25) is 10.3 Å². The molecule has 0 spiro atoms. The molecule has 1 N–H and O–H groups in total. The Labute approximate surface area is 85.8 Å². The third kappa shape index (κ3) is 3.59. The van der Waals surface area contributed by atoms with Crippen LogP contribution in [0.25, 0.3) is 0 Å². The molecule has 74 valence electrons. The fraction of sp³-hybridized carbons (Fsp3) is 0.417. The first-order valence-corrected chi connectivity index (χ1v) is 4.96. The van der Waals surface area contributed by atoms with Crippen LogP contribution in [0.1, 0.15) is 25.5 Å². The molecule has 0 aromatic carbocycles. The standard InChI is InChI=1S/C12H16N2/c1-3-7-11(4-2)14-10-12-8-5-6-9-13-12/h2,5-6,8-9,11,14H,3,7,10H2,1H3. The number of pyridine rings is 1. The number of nitrogens with zero attached hydrogens (tertiary/aromatic N) is 1. The van der Waals surface area contributed by atoms with Crippen molar-refractivity contribution in [2.24, 2.45) is 0 Å². The largest absolute Gasteiger partial charge is 0.298 e. The number of terminal acetylenes is 1. The van der Waals surface area contributed by atoms with Gasteiger partial charge in [-0.1, -0.05) is 25.3 Å². The zero-order chi connectivity index (χ0) is 10.2. The summed E-state index contributed by atoms with van der Waals surface area (Å²) in [6.07, 6.45) is 9.30. The lowest BCUT2D eigenvalue weighted by Gasteiger charge is -2.10. The predicted molar refractivity (Wildman–Crippen MR) is 58.6 cm³/mol. The minimum atomic E-state index is 0.169. The average Bonchev–Trinajstić information content (AvgIpc) is 2.25. The summed E-state index contributed by atoms with van der Waals surface area (Å²) in [6, 6.07) is 6.05. The van der Waals surface area contributed by atoms with Gasteiger partial charge in [0.1, 0.15) is 0 Å². The zero-order valence-corrected chi connectivity index (χ0v) is 8.53. The van der Waals surface area contributed by atoms with Crippen molar-refractivity contribution in [1.82, 2.24) is 10.3 Å². The highest BCUT2D eigenvalue weighted by molar-refractivity contribution is 5.05. The molecule has 14 heavy (non-hydrogen) atoms. The van der Waals surface area contributed by atoms with Crippen molar-refractivity contribution in [1.29, 1.82) is 0 Å². The summed E-state index contributed by atoms with van der Waals surface area (Å²) in [7, 11) is 0. The molecular formula is C12H16N2. The van der Waals surface area contributed by atoms with Gasteiger partial charge in [0.25, 0.3) is 0 Å². The lowest BCUT2D eigenvalue weighted by molar-refractivity contribution is 0.557. The van der Waals surface area contributed by atoms with Crippen molar-refractivity contribution < 1.29 is 0 Å². The molecule has 0 saturated heterocycles. The Balaban J connectivity index is 2.37. The van der Waals surface area contributed by atoms with Crippen LogP contribution in [-0.2, 0) is 6.54 Å². The minimum Gasteiger partial charge on any atom is -0.298 e. The number of aromatic nitrogens is 1. The first kappa shape index (κ1) is 10.7. The maximum Gasteiger partial charge on any atom is 0.0689 e. The van der Waals surface area contributed by atoms with E-state index in [0.717, 1.165) is 25.1 Å². The van der Waals surface area contributed by atoms with Crippen LogP contribution in [0.2, 0.25) is 0 Å². The van der Waals surface area contributed by atoms with Gasteiger partial charge in [0.05, 0.1) is 11.7 Å². The highest BCUT2D eigenvalue weighted by atomic mass is 14.9. The number of nitrogens with one attached hydrogen (secondary N) is 1. The van der Waals surface area contributed by atoms with Gasteiger partial charge in [-0.2, -0.15) is 0 Å². The molecule has 0 aliphatic heterocycles. The zero-order valence-electron chi connectivity index (χ0n) is 8.53. The molecule has 0 bridgehead atoms. The third-order valence-electron chi connectivity index (χ3n) is 2.03. The van der Waals surface area contributed by atoms with E-state index < -0.39 is 0 Å². The van der Waals surface area contributed by atoms with E-state index in [2.05, 4.69) is 23.1 Å². The summed E-state index contributed by atoms with van der Waals surface area (Å²) in [6.45, 7) is 2.88. The monoisotopic (exact) mass is 188 g/mol. The van der Waals surface area contributed by atoms with Crippen molar-refractivity contribution in [3.63, 3.8) is 0 Å². The molecule has 0 fully saturated rings. The van der Waals surface area contributed by atoms with Gasteiger partial charge in [-0.25, -0.2) is 0 Å². The van der Waals surface area contributed by atoms with E-state index in [1.807, 2.05) is 18.2 Å². The quantitative estimate of drug-likeness (QED) is 0.715. The van der Waals surface area contributed by atoms with Gasteiger partial charge in [-0.05, 0) is 18.6 Å². The van der Waals surface area contributed by atoms with Crippen LogP contribution in [0, 0.1) is 12.3 Å². The Hall–Kier alpha value is -1.33. The molecule has 1 atom stereocenters. The number of hydrogen-bond acceptors (Lipinski definition) is 2. The molecule has 0 aliphatic carbocycles. The van der Waals surface area contributed by atoms with Crippen molar-refractivity contribution in [3.05, 3.63) is 30.1 Å². The summed E-state index contributed by atoms with van der Waals surface area (Å²) in [5.74, 6) is 2.73. The first-order chi connectivity index (χ1) is 6.86. The van der Waals surface area contributed by atoms with Crippen LogP contribution in [-0.4, -0.2) is 11.0 Å². The maximum absolute atomic E-state index is 5.39. The molecule has 0 radical (unpaired) electrons.